The Labute approximate surface area is 324 Å². The van der Waals surface area contributed by atoms with Gasteiger partial charge in [0.15, 0.2) is 10.3 Å². The zero-order chi connectivity index (χ0) is 38.5. The molecule has 2 heterocycles. The molecule has 0 bridgehead atoms. The lowest BCUT2D eigenvalue weighted by Gasteiger charge is -2.11. The molecule has 0 fully saturated rings. The zero-order valence-corrected chi connectivity index (χ0v) is 32.5. The second-order valence-electron chi connectivity index (χ2n) is 11.0. The van der Waals surface area contributed by atoms with Crippen LogP contribution in [0.25, 0.3) is 22.3 Å². The molecule has 0 aliphatic heterocycles. The van der Waals surface area contributed by atoms with E-state index in [0.29, 0.717) is 122 Å². The SMILES string of the molecule is CSc1ncc(-c2cc(C(=O)NCCOCCOCCOCCOCCOCCOCCOCCOCCC(=O)O)cc(-c3cnc(SC)nc3)c2)cn1. The number of carbonyl (C=O) groups is 2. The lowest BCUT2D eigenvalue weighted by Crippen LogP contribution is -2.27. The first-order valence-electron chi connectivity index (χ1n) is 17.5. The van der Waals surface area contributed by atoms with Crippen LogP contribution in [0.5, 0.6) is 0 Å². The molecule has 0 atom stereocenters. The maximum atomic E-state index is 13.2. The molecule has 0 spiro atoms. The molecule has 298 valence electrons. The standard InChI is InChI=1S/C36H51N5O11S2/c1-53-35-38-24-31(25-39-35)28-21-29(32-26-40-36(54-2)41-27-32)23-30(22-28)34(44)37-4-6-46-8-10-48-12-14-50-16-18-52-20-19-51-17-15-49-13-11-47-9-7-45-5-3-33(42)43/h21-27H,3-20H2,1-2H3,(H,37,44)(H,42,43). The number of carboxylic acids is 1. The van der Waals surface area contributed by atoms with E-state index in [-0.39, 0.29) is 18.9 Å². The number of hydrogen-bond donors (Lipinski definition) is 2. The highest BCUT2D eigenvalue weighted by Gasteiger charge is 2.13. The van der Waals surface area contributed by atoms with Gasteiger partial charge in [-0.15, -0.1) is 0 Å². The van der Waals surface area contributed by atoms with Gasteiger partial charge in [-0.1, -0.05) is 23.5 Å². The van der Waals surface area contributed by atoms with Crippen molar-refractivity contribution in [2.24, 2.45) is 0 Å². The Balaban J connectivity index is 1.16. The first-order chi connectivity index (χ1) is 26.5. The van der Waals surface area contributed by atoms with Gasteiger partial charge in [-0.3, -0.25) is 9.59 Å². The van der Waals surface area contributed by atoms with Crippen LogP contribution in [-0.4, -0.2) is 162 Å². The number of carboxylic acid groups (broad SMARTS) is 1. The second-order valence-corrected chi connectivity index (χ2v) is 12.6. The van der Waals surface area contributed by atoms with Gasteiger partial charge in [0.25, 0.3) is 5.91 Å². The van der Waals surface area contributed by atoms with Crippen LogP contribution in [0, 0.1) is 0 Å². The molecular weight excluding hydrogens is 743 g/mol. The average molecular weight is 794 g/mol. The van der Waals surface area contributed by atoms with Gasteiger partial charge in [-0.25, -0.2) is 19.9 Å². The number of hydrogen-bond acceptors (Lipinski definition) is 16. The summed E-state index contributed by atoms with van der Waals surface area (Å²) in [6.07, 6.45) is 10.8. The number of amides is 1. The summed E-state index contributed by atoms with van der Waals surface area (Å²) in [4.78, 5) is 41.1. The number of aliphatic carboxylic acids is 1. The normalized spacial score (nSPS) is 11.2. The highest BCUT2D eigenvalue weighted by Crippen LogP contribution is 2.28. The predicted molar refractivity (Wildman–Crippen MR) is 203 cm³/mol. The highest BCUT2D eigenvalue weighted by atomic mass is 32.2. The molecule has 2 N–H and O–H groups in total. The lowest BCUT2D eigenvalue weighted by atomic mass is 9.98. The van der Waals surface area contributed by atoms with Crippen LogP contribution >= 0.6 is 23.5 Å². The maximum absolute atomic E-state index is 13.2. The molecular formula is C36H51N5O11S2. The maximum Gasteiger partial charge on any atom is 0.305 e. The Bertz CT molecular complexity index is 1390. The third-order valence-electron chi connectivity index (χ3n) is 7.08. The summed E-state index contributed by atoms with van der Waals surface area (Å²) in [6, 6.07) is 5.62. The summed E-state index contributed by atoms with van der Waals surface area (Å²) < 4.78 is 43.5. The van der Waals surface area contributed by atoms with Crippen LogP contribution in [0.2, 0.25) is 0 Å². The van der Waals surface area contributed by atoms with Crippen LogP contribution in [0.1, 0.15) is 16.8 Å². The van der Waals surface area contributed by atoms with Crippen molar-refractivity contribution in [2.45, 2.75) is 16.7 Å². The minimum atomic E-state index is -0.881. The minimum Gasteiger partial charge on any atom is -0.481 e. The molecule has 54 heavy (non-hydrogen) atoms. The van der Waals surface area contributed by atoms with E-state index >= 15 is 0 Å². The van der Waals surface area contributed by atoms with Crippen LogP contribution < -0.4 is 5.32 Å². The second kappa shape index (κ2) is 29.0. The van der Waals surface area contributed by atoms with Gasteiger partial charge in [-0.05, 0) is 41.8 Å². The third-order valence-corrected chi connectivity index (χ3v) is 8.23. The summed E-state index contributed by atoms with van der Waals surface area (Å²) in [5.74, 6) is -1.11. The van der Waals surface area contributed by atoms with Crippen LogP contribution in [-0.2, 0) is 42.7 Å². The Morgan fingerprint density at radius 3 is 1.19 bits per heavy atom. The zero-order valence-electron chi connectivity index (χ0n) is 30.9. The van der Waals surface area contributed by atoms with E-state index in [1.54, 1.807) is 24.8 Å². The van der Waals surface area contributed by atoms with Gasteiger partial charge in [0.2, 0.25) is 0 Å². The van der Waals surface area contributed by atoms with Gasteiger partial charge >= 0.3 is 5.97 Å². The van der Waals surface area contributed by atoms with Crippen molar-refractivity contribution in [1.29, 1.82) is 0 Å². The molecule has 0 unspecified atom stereocenters. The third kappa shape index (κ3) is 19.9. The number of rotatable bonds is 32. The number of aromatic nitrogens is 4. The fraction of sp³-hybridized carbons (Fsp3) is 0.556. The van der Waals surface area contributed by atoms with Crippen LogP contribution in [0.15, 0.2) is 53.3 Å². The topological polar surface area (TPSA) is 192 Å². The van der Waals surface area contributed by atoms with Crippen molar-refractivity contribution < 1.29 is 52.6 Å². The fourth-order valence-corrected chi connectivity index (χ4v) is 5.01. The Hall–Kier alpha value is -3.30. The average Bonchev–Trinajstić information content (AvgIpc) is 3.20. The molecule has 0 saturated carbocycles. The number of benzene rings is 1. The minimum absolute atomic E-state index is 0.0113. The molecule has 0 radical (unpaired) electrons. The molecule has 3 rings (SSSR count). The van der Waals surface area contributed by atoms with E-state index in [2.05, 4.69) is 25.3 Å². The van der Waals surface area contributed by atoms with Crippen molar-refractivity contribution in [3.8, 4) is 22.3 Å². The van der Waals surface area contributed by atoms with E-state index in [0.717, 1.165) is 22.3 Å². The molecule has 3 aromatic rings. The Kier molecular flexibility index (Phi) is 24.3. The molecule has 18 heteroatoms. The van der Waals surface area contributed by atoms with Crippen molar-refractivity contribution in [3.05, 3.63) is 48.5 Å². The van der Waals surface area contributed by atoms with E-state index in [4.69, 9.17) is 43.0 Å². The van der Waals surface area contributed by atoms with E-state index in [9.17, 15) is 9.59 Å². The number of carbonyl (C=O) groups excluding carboxylic acids is 1. The van der Waals surface area contributed by atoms with Gasteiger partial charge in [0, 0.05) is 48.0 Å². The molecule has 0 saturated heterocycles. The molecule has 1 aromatic carbocycles. The largest absolute Gasteiger partial charge is 0.481 e. The van der Waals surface area contributed by atoms with Gasteiger partial charge in [-0.2, -0.15) is 0 Å². The number of thioether (sulfide) groups is 2. The quantitative estimate of drug-likeness (QED) is 0.0531. The Morgan fingerprint density at radius 1 is 0.519 bits per heavy atom. The number of nitrogens with zero attached hydrogens (tertiary/aromatic N) is 4. The van der Waals surface area contributed by atoms with E-state index in [1.165, 1.54) is 23.5 Å². The first kappa shape index (κ1) is 45.1. The highest BCUT2D eigenvalue weighted by molar-refractivity contribution is 7.98. The first-order valence-corrected chi connectivity index (χ1v) is 19.9. The summed E-state index contributed by atoms with van der Waals surface area (Å²) in [5.41, 5.74) is 3.70. The molecule has 0 aliphatic carbocycles. The van der Waals surface area contributed by atoms with Gasteiger partial charge in [0.1, 0.15) is 0 Å². The summed E-state index contributed by atoms with van der Waals surface area (Å²) in [7, 11) is 0. The fourth-order valence-electron chi connectivity index (χ4n) is 4.37. The van der Waals surface area contributed by atoms with Crippen molar-refractivity contribution in [2.75, 3.05) is 125 Å². The molecule has 1 amide bonds. The summed E-state index contributed by atoms with van der Waals surface area (Å²) >= 11 is 2.92. The monoisotopic (exact) mass is 793 g/mol. The van der Waals surface area contributed by atoms with Gasteiger partial charge in [0.05, 0.1) is 112 Å². The molecule has 0 aliphatic rings. The van der Waals surface area contributed by atoms with Crippen molar-refractivity contribution in [3.63, 3.8) is 0 Å². The molecule has 16 nitrogen and oxygen atoms in total. The summed E-state index contributed by atoms with van der Waals surface area (Å²) in [6.45, 7) is 6.90. The van der Waals surface area contributed by atoms with Gasteiger partial charge < -0.3 is 48.3 Å². The van der Waals surface area contributed by atoms with Crippen molar-refractivity contribution >= 4 is 35.4 Å². The van der Waals surface area contributed by atoms with E-state index < -0.39 is 5.97 Å². The molecule has 2 aromatic heterocycles. The number of ether oxygens (including phenoxy) is 8. The lowest BCUT2D eigenvalue weighted by molar-refractivity contribution is -0.138. The predicted octanol–water partition coefficient (Wildman–Crippen LogP) is 3.38. The smallest absolute Gasteiger partial charge is 0.305 e. The number of nitrogens with one attached hydrogen (secondary N) is 1. The Morgan fingerprint density at radius 2 is 0.852 bits per heavy atom. The van der Waals surface area contributed by atoms with Crippen LogP contribution in [0.4, 0.5) is 0 Å². The van der Waals surface area contributed by atoms with Crippen molar-refractivity contribution in [1.82, 2.24) is 25.3 Å². The van der Waals surface area contributed by atoms with E-state index in [1.807, 2.05) is 30.7 Å². The van der Waals surface area contributed by atoms with Crippen LogP contribution in [0.3, 0.4) is 0 Å². The summed E-state index contributed by atoms with van der Waals surface area (Å²) in [5, 5.41) is 12.8.